The predicted octanol–water partition coefficient (Wildman–Crippen LogP) is 1.98. The lowest BCUT2D eigenvalue weighted by atomic mass is 10.1. The van der Waals surface area contributed by atoms with E-state index in [1.807, 2.05) is 0 Å². The van der Waals surface area contributed by atoms with Crippen LogP contribution in [0.1, 0.15) is 17.4 Å². The number of nitrogens with one attached hydrogen (secondary N) is 1. The number of aliphatic hydroxyl groups excluding tert-OH is 1. The second-order valence-electron chi connectivity index (χ2n) is 3.35. The third-order valence-electron chi connectivity index (χ3n) is 2.20. The largest absolute Gasteiger partial charge is 0.386 e. The molecule has 6 heteroatoms. The molecular formula is C10H9BrFN3O. The van der Waals surface area contributed by atoms with Gasteiger partial charge in [0.05, 0.1) is 6.20 Å². The zero-order valence-electron chi connectivity index (χ0n) is 8.19. The van der Waals surface area contributed by atoms with Crippen molar-refractivity contribution in [1.29, 1.82) is 0 Å². The normalized spacial score (nSPS) is 12.7. The van der Waals surface area contributed by atoms with Crippen molar-refractivity contribution in [2.24, 2.45) is 0 Å². The second-order valence-corrected chi connectivity index (χ2v) is 4.20. The summed E-state index contributed by atoms with van der Waals surface area (Å²) < 4.78 is 13.8. The van der Waals surface area contributed by atoms with Crippen LogP contribution in [0.5, 0.6) is 0 Å². The summed E-state index contributed by atoms with van der Waals surface area (Å²) >= 11 is 3.30. The molecule has 0 aliphatic heterocycles. The molecular weight excluding hydrogens is 277 g/mol. The van der Waals surface area contributed by atoms with Crippen LogP contribution in [0.4, 0.5) is 4.39 Å². The second kappa shape index (κ2) is 4.71. The molecule has 0 spiro atoms. The molecule has 0 saturated heterocycles. The first-order valence-electron chi connectivity index (χ1n) is 4.64. The van der Waals surface area contributed by atoms with Crippen molar-refractivity contribution in [2.45, 2.75) is 12.5 Å². The number of H-pyrrole nitrogens is 1. The van der Waals surface area contributed by atoms with Crippen LogP contribution < -0.4 is 0 Å². The number of aliphatic hydroxyl groups is 1. The Hall–Kier alpha value is -1.27. The summed E-state index contributed by atoms with van der Waals surface area (Å²) in [6.45, 7) is 0. The van der Waals surface area contributed by atoms with E-state index in [0.29, 0.717) is 11.3 Å². The summed E-state index contributed by atoms with van der Waals surface area (Å²) in [5, 5.41) is 19.6. The molecule has 2 rings (SSSR count). The van der Waals surface area contributed by atoms with E-state index in [4.69, 9.17) is 0 Å². The molecule has 1 unspecified atom stereocenters. The van der Waals surface area contributed by atoms with Crippen molar-refractivity contribution in [3.05, 3.63) is 45.9 Å². The van der Waals surface area contributed by atoms with Gasteiger partial charge in [-0.1, -0.05) is 15.9 Å². The Morgan fingerprint density at radius 1 is 1.50 bits per heavy atom. The topological polar surface area (TPSA) is 61.8 Å². The minimum atomic E-state index is -0.795. The number of hydrogen-bond acceptors (Lipinski definition) is 3. The lowest BCUT2D eigenvalue weighted by Gasteiger charge is -2.09. The zero-order chi connectivity index (χ0) is 11.5. The van der Waals surface area contributed by atoms with Gasteiger partial charge in [-0.25, -0.2) is 4.39 Å². The van der Waals surface area contributed by atoms with E-state index in [1.54, 1.807) is 6.07 Å². The Kier molecular flexibility index (Phi) is 3.31. The average molecular weight is 286 g/mol. The van der Waals surface area contributed by atoms with Crippen LogP contribution in [0.3, 0.4) is 0 Å². The maximum atomic E-state index is 13.0. The predicted molar refractivity (Wildman–Crippen MR) is 59.1 cm³/mol. The van der Waals surface area contributed by atoms with Gasteiger partial charge in [0, 0.05) is 10.9 Å². The number of rotatable bonds is 3. The van der Waals surface area contributed by atoms with Gasteiger partial charge >= 0.3 is 0 Å². The van der Waals surface area contributed by atoms with E-state index in [9.17, 15) is 9.50 Å². The smallest absolute Gasteiger partial charge is 0.123 e. The van der Waals surface area contributed by atoms with Gasteiger partial charge in [-0.3, -0.25) is 0 Å². The quantitative estimate of drug-likeness (QED) is 0.907. The molecule has 0 bridgehead atoms. The average Bonchev–Trinajstić information content (AvgIpc) is 2.76. The summed E-state index contributed by atoms with van der Waals surface area (Å²) in [4.78, 5) is 0. The lowest BCUT2D eigenvalue weighted by molar-refractivity contribution is 0.173. The fourth-order valence-corrected chi connectivity index (χ4v) is 1.79. The van der Waals surface area contributed by atoms with Gasteiger partial charge in [0.15, 0.2) is 0 Å². The van der Waals surface area contributed by atoms with E-state index in [2.05, 4.69) is 31.3 Å². The van der Waals surface area contributed by atoms with Crippen LogP contribution >= 0.6 is 15.9 Å². The third kappa shape index (κ3) is 2.45. The van der Waals surface area contributed by atoms with Crippen LogP contribution in [0.25, 0.3) is 0 Å². The molecule has 1 atom stereocenters. The molecule has 0 aliphatic rings. The van der Waals surface area contributed by atoms with E-state index >= 15 is 0 Å². The summed E-state index contributed by atoms with van der Waals surface area (Å²) in [6, 6.07) is 4.35. The van der Waals surface area contributed by atoms with Gasteiger partial charge in [-0.15, -0.1) is 0 Å². The number of hydrogen-bond donors (Lipinski definition) is 2. The Morgan fingerprint density at radius 2 is 2.31 bits per heavy atom. The molecule has 1 aromatic heterocycles. The highest BCUT2D eigenvalue weighted by Gasteiger charge is 2.13. The number of nitrogens with zero attached hydrogens (tertiary/aromatic N) is 2. The maximum absolute atomic E-state index is 13.0. The fourth-order valence-electron chi connectivity index (χ4n) is 1.38. The Morgan fingerprint density at radius 3 is 3.00 bits per heavy atom. The fraction of sp³-hybridized carbons (Fsp3) is 0.200. The molecule has 4 nitrogen and oxygen atoms in total. The van der Waals surface area contributed by atoms with E-state index in [1.165, 1.54) is 18.3 Å². The van der Waals surface area contributed by atoms with E-state index in [0.717, 1.165) is 4.47 Å². The molecule has 84 valence electrons. The van der Waals surface area contributed by atoms with Crippen molar-refractivity contribution in [3.8, 4) is 0 Å². The summed E-state index contributed by atoms with van der Waals surface area (Å²) in [5.74, 6) is -0.328. The van der Waals surface area contributed by atoms with Gasteiger partial charge < -0.3 is 5.11 Å². The molecule has 2 N–H and O–H groups in total. The summed E-state index contributed by atoms with van der Waals surface area (Å²) in [5.41, 5.74) is 1.13. The first-order valence-corrected chi connectivity index (χ1v) is 5.44. The molecule has 0 amide bonds. The van der Waals surface area contributed by atoms with Gasteiger partial charge in [0.1, 0.15) is 17.6 Å². The highest BCUT2D eigenvalue weighted by atomic mass is 79.9. The number of aromatic amines is 1. The van der Waals surface area contributed by atoms with E-state index < -0.39 is 6.10 Å². The first kappa shape index (κ1) is 11.2. The van der Waals surface area contributed by atoms with Crippen molar-refractivity contribution in [2.75, 3.05) is 0 Å². The number of halogens is 2. The van der Waals surface area contributed by atoms with Crippen molar-refractivity contribution in [1.82, 2.24) is 15.4 Å². The zero-order valence-corrected chi connectivity index (χ0v) is 9.78. The summed E-state index contributed by atoms with van der Waals surface area (Å²) in [7, 11) is 0. The van der Waals surface area contributed by atoms with Crippen LogP contribution in [-0.2, 0) is 6.42 Å². The van der Waals surface area contributed by atoms with Crippen molar-refractivity contribution >= 4 is 15.9 Å². The highest BCUT2D eigenvalue weighted by Crippen LogP contribution is 2.23. The standard InChI is InChI=1S/C10H9BrFN3O/c11-8-2-1-7(12)3-6(8)4-10(16)9-5-13-15-14-9/h1-3,5,10,16H,4H2,(H,13,14,15). The molecule has 0 fully saturated rings. The third-order valence-corrected chi connectivity index (χ3v) is 2.97. The lowest BCUT2D eigenvalue weighted by Crippen LogP contribution is -2.03. The summed E-state index contributed by atoms with van der Waals surface area (Å²) in [6.07, 6.45) is 0.930. The molecule has 1 aromatic carbocycles. The van der Waals surface area contributed by atoms with Crippen molar-refractivity contribution < 1.29 is 9.50 Å². The molecule has 1 heterocycles. The number of aromatic nitrogens is 3. The molecule has 16 heavy (non-hydrogen) atoms. The number of benzene rings is 1. The molecule has 2 aromatic rings. The van der Waals surface area contributed by atoms with Crippen LogP contribution in [0.2, 0.25) is 0 Å². The SMILES string of the molecule is OC(Cc1cc(F)ccc1Br)c1cn[nH]n1. The minimum absolute atomic E-state index is 0.283. The Balaban J connectivity index is 2.17. The highest BCUT2D eigenvalue weighted by molar-refractivity contribution is 9.10. The maximum Gasteiger partial charge on any atom is 0.123 e. The van der Waals surface area contributed by atoms with Gasteiger partial charge in [-0.2, -0.15) is 15.4 Å². The van der Waals surface area contributed by atoms with Gasteiger partial charge in [0.2, 0.25) is 0 Å². The molecule has 0 aliphatic carbocycles. The molecule has 0 radical (unpaired) electrons. The van der Waals surface area contributed by atoms with Gasteiger partial charge in [0.25, 0.3) is 0 Å². The van der Waals surface area contributed by atoms with Gasteiger partial charge in [-0.05, 0) is 23.8 Å². The Bertz CT molecular complexity index is 475. The monoisotopic (exact) mass is 285 g/mol. The van der Waals surface area contributed by atoms with Crippen LogP contribution in [0.15, 0.2) is 28.9 Å². The van der Waals surface area contributed by atoms with E-state index in [-0.39, 0.29) is 12.2 Å². The minimum Gasteiger partial charge on any atom is -0.386 e. The molecule has 0 saturated carbocycles. The Labute approximate surface area is 99.6 Å². The van der Waals surface area contributed by atoms with Crippen LogP contribution in [0, 0.1) is 5.82 Å². The first-order chi connectivity index (χ1) is 7.66. The van der Waals surface area contributed by atoms with Crippen molar-refractivity contribution in [3.63, 3.8) is 0 Å². The van der Waals surface area contributed by atoms with Crippen LogP contribution in [-0.4, -0.2) is 20.5 Å².